The summed E-state index contributed by atoms with van der Waals surface area (Å²) in [6.07, 6.45) is 1.50. The van der Waals surface area contributed by atoms with Crippen molar-refractivity contribution < 1.29 is 31.1 Å². The maximum absolute atomic E-state index is 13.0. The quantitative estimate of drug-likeness (QED) is 0.246. The van der Waals surface area contributed by atoms with Crippen molar-refractivity contribution in [1.82, 2.24) is 20.6 Å². The molecule has 1 amide bonds. The molecule has 2 aromatic carbocycles. The Hall–Kier alpha value is -3.84. The molecule has 0 unspecified atom stereocenters. The van der Waals surface area contributed by atoms with Crippen molar-refractivity contribution in [2.45, 2.75) is 19.5 Å². The molecular weight excluding hydrogens is 571 g/mol. The summed E-state index contributed by atoms with van der Waals surface area (Å²) in [6, 6.07) is 9.25. The molecule has 0 bridgehead atoms. The van der Waals surface area contributed by atoms with Crippen molar-refractivity contribution in [2.75, 3.05) is 30.4 Å². The van der Waals surface area contributed by atoms with E-state index in [0.29, 0.717) is 23.7 Å². The van der Waals surface area contributed by atoms with E-state index in [4.69, 9.17) is 16.3 Å². The van der Waals surface area contributed by atoms with Crippen LogP contribution in [0.4, 0.5) is 24.7 Å². The summed E-state index contributed by atoms with van der Waals surface area (Å²) in [6.45, 7) is 2.22. The van der Waals surface area contributed by atoms with Crippen LogP contribution in [0.3, 0.4) is 0 Å². The second-order valence-corrected chi connectivity index (χ2v) is 11.3. The van der Waals surface area contributed by atoms with Crippen molar-refractivity contribution in [3.8, 4) is 11.5 Å². The molecule has 0 aliphatic carbocycles. The summed E-state index contributed by atoms with van der Waals surface area (Å²) >= 11 is 6.32. The molecule has 14 heteroatoms. The third-order valence-electron chi connectivity index (χ3n) is 5.36. The van der Waals surface area contributed by atoms with Gasteiger partial charge in [-0.1, -0.05) is 17.7 Å². The van der Waals surface area contributed by atoms with Crippen LogP contribution < -0.4 is 20.7 Å². The molecule has 0 aliphatic rings. The normalized spacial score (nSPS) is 11.8. The first-order valence-electron chi connectivity index (χ1n) is 11.9. The number of hydrogen-bond donors (Lipinski definition) is 3. The molecule has 9 nitrogen and oxygen atoms in total. The van der Waals surface area contributed by atoms with Crippen LogP contribution in [0.1, 0.15) is 23.2 Å². The van der Waals surface area contributed by atoms with E-state index in [0.717, 1.165) is 24.0 Å². The van der Waals surface area contributed by atoms with E-state index in [-0.39, 0.29) is 41.1 Å². The van der Waals surface area contributed by atoms with Gasteiger partial charge in [0.2, 0.25) is 5.91 Å². The van der Waals surface area contributed by atoms with Crippen LogP contribution >= 0.6 is 11.6 Å². The highest BCUT2D eigenvalue weighted by atomic mass is 35.5. The summed E-state index contributed by atoms with van der Waals surface area (Å²) in [5, 5.41) is 8.83. The number of halogens is 4. The number of anilines is 2. The van der Waals surface area contributed by atoms with Crippen LogP contribution in [-0.4, -0.2) is 49.4 Å². The van der Waals surface area contributed by atoms with E-state index in [1.807, 2.05) is 6.92 Å². The predicted octanol–water partition coefficient (Wildman–Crippen LogP) is 5.10. The topological polar surface area (TPSA) is 122 Å². The fourth-order valence-electron chi connectivity index (χ4n) is 3.29. The van der Waals surface area contributed by atoms with E-state index in [1.165, 1.54) is 24.5 Å². The van der Waals surface area contributed by atoms with Gasteiger partial charge in [-0.05, 0) is 55.6 Å². The first kappa shape index (κ1) is 30.7. The maximum Gasteiger partial charge on any atom is 0.416 e. The average Bonchev–Trinajstić information content (AvgIpc) is 2.86. The minimum absolute atomic E-state index is 0.00157. The Morgan fingerprint density at radius 1 is 1.12 bits per heavy atom. The van der Waals surface area contributed by atoms with Gasteiger partial charge in [0.15, 0.2) is 0 Å². The van der Waals surface area contributed by atoms with E-state index in [1.54, 1.807) is 24.4 Å². The fourth-order valence-corrected chi connectivity index (χ4v) is 3.98. The van der Waals surface area contributed by atoms with Crippen LogP contribution in [0.2, 0.25) is 5.02 Å². The molecule has 0 aliphatic heterocycles. The number of hydrogen-bond acceptors (Lipinski definition) is 8. The number of alkyl halides is 3. The Kier molecular flexibility index (Phi) is 10.3. The Morgan fingerprint density at radius 2 is 1.90 bits per heavy atom. The maximum atomic E-state index is 13.0. The molecule has 0 saturated carbocycles. The average molecular weight is 598 g/mol. The van der Waals surface area contributed by atoms with Crippen LogP contribution in [0.15, 0.2) is 55.0 Å². The lowest BCUT2D eigenvalue weighted by atomic mass is 10.2. The van der Waals surface area contributed by atoms with Gasteiger partial charge in [-0.3, -0.25) is 4.79 Å². The Morgan fingerprint density at radius 3 is 2.60 bits per heavy atom. The highest BCUT2D eigenvalue weighted by Crippen LogP contribution is 2.36. The number of nitrogens with zero attached hydrogens (tertiary/aromatic N) is 2. The van der Waals surface area contributed by atoms with Gasteiger partial charge in [0, 0.05) is 37.0 Å². The summed E-state index contributed by atoms with van der Waals surface area (Å²) in [7, 11) is -3.13. The lowest BCUT2D eigenvalue weighted by molar-refractivity contribution is -0.137. The summed E-state index contributed by atoms with van der Waals surface area (Å²) < 4.78 is 66.7. The summed E-state index contributed by atoms with van der Waals surface area (Å²) in [5.74, 6) is 0.312. The second kappa shape index (κ2) is 13.5. The minimum Gasteiger partial charge on any atom is -0.456 e. The number of carbonyl (C=O) groups is 1. The standard InChI is InChI=1S/C26H27ClF3N5O4S/c1-17-22(8-10-31-11-9-24(36)32-12-13-40(2,37)38)33-16-34-25(17)35-19-6-7-23(21(27)15-19)39-20-5-3-4-18(14-20)26(28,29)30/h3-8,10,14-16,31H,9,11-13H2,1-2H3,(H,32,36)(H,33,34,35)/b10-8-. The third kappa shape index (κ3) is 9.72. The monoisotopic (exact) mass is 597 g/mol. The number of rotatable bonds is 12. The molecule has 0 atom stereocenters. The number of benzene rings is 2. The van der Waals surface area contributed by atoms with Crippen LogP contribution in [0.25, 0.3) is 6.08 Å². The lowest BCUT2D eigenvalue weighted by Crippen LogP contribution is -2.30. The van der Waals surface area contributed by atoms with Gasteiger partial charge < -0.3 is 20.7 Å². The Labute approximate surface area is 234 Å². The molecule has 1 aromatic heterocycles. The highest BCUT2D eigenvalue weighted by Gasteiger charge is 2.30. The van der Waals surface area contributed by atoms with Crippen molar-refractivity contribution in [2.24, 2.45) is 0 Å². The smallest absolute Gasteiger partial charge is 0.416 e. The molecule has 3 N–H and O–H groups in total. The Bertz CT molecular complexity index is 1480. The SMILES string of the molecule is Cc1c(/C=C\NCCC(=O)NCCS(C)(=O)=O)ncnc1Nc1ccc(Oc2cccc(C(F)(F)F)c2)c(Cl)c1. The summed E-state index contributed by atoms with van der Waals surface area (Å²) in [5.41, 5.74) is 1.07. The van der Waals surface area contributed by atoms with Crippen LogP contribution in [0, 0.1) is 6.92 Å². The molecule has 3 aromatic rings. The molecule has 0 saturated heterocycles. The van der Waals surface area contributed by atoms with Gasteiger partial charge in [-0.25, -0.2) is 18.4 Å². The number of aromatic nitrogens is 2. The van der Waals surface area contributed by atoms with Crippen molar-refractivity contribution >= 4 is 44.9 Å². The zero-order valence-corrected chi connectivity index (χ0v) is 23.1. The zero-order valence-electron chi connectivity index (χ0n) is 21.5. The molecule has 0 radical (unpaired) electrons. The van der Waals surface area contributed by atoms with Gasteiger partial charge in [-0.2, -0.15) is 13.2 Å². The van der Waals surface area contributed by atoms with Gasteiger partial charge in [-0.15, -0.1) is 0 Å². The molecule has 3 rings (SSSR count). The largest absolute Gasteiger partial charge is 0.456 e. The van der Waals surface area contributed by atoms with E-state index in [9.17, 15) is 26.4 Å². The second-order valence-electron chi connectivity index (χ2n) is 8.65. The molecule has 214 valence electrons. The molecule has 1 heterocycles. The van der Waals surface area contributed by atoms with Gasteiger partial charge in [0.25, 0.3) is 0 Å². The van der Waals surface area contributed by atoms with Gasteiger partial charge in [0.05, 0.1) is 22.0 Å². The van der Waals surface area contributed by atoms with Crippen molar-refractivity contribution in [3.05, 3.63) is 76.8 Å². The Balaban J connectivity index is 1.56. The molecule has 0 fully saturated rings. The number of amides is 1. The molecule has 40 heavy (non-hydrogen) atoms. The number of sulfone groups is 1. The number of carbonyl (C=O) groups excluding carboxylic acids is 1. The van der Waals surface area contributed by atoms with Crippen LogP contribution in [0.5, 0.6) is 11.5 Å². The molecule has 0 spiro atoms. The van der Waals surface area contributed by atoms with Crippen molar-refractivity contribution in [1.29, 1.82) is 0 Å². The molecular formula is C26H27ClF3N5O4S. The zero-order chi connectivity index (χ0) is 29.3. The third-order valence-corrected chi connectivity index (χ3v) is 6.60. The highest BCUT2D eigenvalue weighted by molar-refractivity contribution is 7.90. The van der Waals surface area contributed by atoms with E-state index < -0.39 is 21.6 Å². The van der Waals surface area contributed by atoms with Gasteiger partial charge >= 0.3 is 6.18 Å². The van der Waals surface area contributed by atoms with Crippen molar-refractivity contribution in [3.63, 3.8) is 0 Å². The predicted molar refractivity (Wildman–Crippen MR) is 147 cm³/mol. The number of nitrogens with one attached hydrogen (secondary N) is 3. The first-order valence-corrected chi connectivity index (χ1v) is 14.3. The van der Waals surface area contributed by atoms with Crippen LogP contribution in [-0.2, 0) is 20.8 Å². The lowest BCUT2D eigenvalue weighted by Gasteiger charge is -2.13. The number of ether oxygens (including phenoxy) is 1. The summed E-state index contributed by atoms with van der Waals surface area (Å²) in [4.78, 5) is 20.2. The minimum atomic E-state index is -4.49. The van der Waals surface area contributed by atoms with E-state index in [2.05, 4.69) is 25.9 Å². The fraction of sp³-hybridized carbons (Fsp3) is 0.269. The van der Waals surface area contributed by atoms with Gasteiger partial charge in [0.1, 0.15) is 33.5 Å². The van der Waals surface area contributed by atoms with E-state index >= 15 is 0 Å². The first-order chi connectivity index (χ1) is 18.8.